The summed E-state index contributed by atoms with van der Waals surface area (Å²) in [4.78, 5) is 16.7. The van der Waals surface area contributed by atoms with E-state index in [1.165, 1.54) is 13.0 Å². The Hall–Kier alpha value is -0.610. The minimum atomic E-state index is 0.230. The predicted octanol–water partition coefficient (Wildman–Crippen LogP) is 0.914. The molecule has 1 atom stereocenters. The van der Waals surface area contributed by atoms with E-state index < -0.39 is 0 Å². The molecule has 104 valence electrons. The van der Waals surface area contributed by atoms with Crippen molar-refractivity contribution < 1.29 is 4.79 Å². The van der Waals surface area contributed by atoms with Crippen molar-refractivity contribution in [3.05, 3.63) is 0 Å². The van der Waals surface area contributed by atoms with Gasteiger partial charge >= 0.3 is 0 Å². The van der Waals surface area contributed by atoms with Crippen LogP contribution in [-0.4, -0.2) is 55.5 Å². The highest BCUT2D eigenvalue weighted by molar-refractivity contribution is 5.78. The van der Waals surface area contributed by atoms with Crippen LogP contribution in [0.25, 0.3) is 0 Å². The molecule has 1 heterocycles. The Labute approximate surface area is 110 Å². The van der Waals surface area contributed by atoms with Gasteiger partial charge in [-0.2, -0.15) is 0 Å². The first kappa shape index (κ1) is 13.8. The summed E-state index contributed by atoms with van der Waals surface area (Å²) in [6, 6.07) is 0.322. The molecular formula is C14H27N3O. The van der Waals surface area contributed by atoms with E-state index in [1.807, 2.05) is 11.9 Å². The van der Waals surface area contributed by atoms with Gasteiger partial charge in [-0.3, -0.25) is 4.79 Å². The Morgan fingerprint density at radius 2 is 1.94 bits per heavy atom. The largest absolute Gasteiger partial charge is 0.345 e. The van der Waals surface area contributed by atoms with Crippen molar-refractivity contribution in [2.24, 2.45) is 17.6 Å². The van der Waals surface area contributed by atoms with Crippen molar-refractivity contribution in [1.82, 2.24) is 9.80 Å². The van der Waals surface area contributed by atoms with E-state index in [0.29, 0.717) is 17.9 Å². The first-order valence-corrected chi connectivity index (χ1v) is 7.25. The summed E-state index contributed by atoms with van der Waals surface area (Å²) in [5.74, 6) is 1.24. The Morgan fingerprint density at radius 3 is 2.50 bits per heavy atom. The molecule has 0 aromatic heterocycles. The van der Waals surface area contributed by atoms with Crippen LogP contribution in [-0.2, 0) is 4.79 Å². The van der Waals surface area contributed by atoms with E-state index in [-0.39, 0.29) is 5.92 Å². The Bertz CT molecular complexity index is 287. The maximum absolute atomic E-state index is 12.3. The second-order valence-corrected chi connectivity index (χ2v) is 6.25. The van der Waals surface area contributed by atoms with Crippen molar-refractivity contribution >= 4 is 5.91 Å². The van der Waals surface area contributed by atoms with Crippen LogP contribution in [0.5, 0.6) is 0 Å². The summed E-state index contributed by atoms with van der Waals surface area (Å²) >= 11 is 0. The molecule has 2 rings (SSSR count). The third kappa shape index (κ3) is 3.45. The van der Waals surface area contributed by atoms with Gasteiger partial charge in [0.15, 0.2) is 0 Å². The molecule has 1 aliphatic heterocycles. The van der Waals surface area contributed by atoms with Crippen molar-refractivity contribution in [2.45, 2.75) is 38.1 Å². The van der Waals surface area contributed by atoms with Gasteiger partial charge < -0.3 is 15.5 Å². The molecular weight excluding hydrogens is 226 g/mol. The maximum atomic E-state index is 12.3. The lowest BCUT2D eigenvalue weighted by atomic mass is 9.85. The van der Waals surface area contributed by atoms with E-state index >= 15 is 0 Å². The number of nitrogens with two attached hydrogens (primary N) is 1. The summed E-state index contributed by atoms with van der Waals surface area (Å²) in [5.41, 5.74) is 5.89. The molecule has 2 N–H and O–H groups in total. The molecule has 4 heteroatoms. The van der Waals surface area contributed by atoms with Gasteiger partial charge in [-0.05, 0) is 51.6 Å². The van der Waals surface area contributed by atoms with Gasteiger partial charge in [-0.1, -0.05) is 0 Å². The fourth-order valence-electron chi connectivity index (χ4n) is 3.33. The molecule has 2 aliphatic rings. The summed E-state index contributed by atoms with van der Waals surface area (Å²) in [6.45, 7) is 3.23. The number of amides is 1. The normalized spacial score (nSPS) is 33.6. The number of hydrogen-bond acceptors (Lipinski definition) is 3. The molecule has 1 saturated heterocycles. The van der Waals surface area contributed by atoms with Gasteiger partial charge in [-0.15, -0.1) is 0 Å². The van der Waals surface area contributed by atoms with Crippen LogP contribution >= 0.6 is 0 Å². The number of carbonyl (C=O) groups is 1. The molecule has 0 bridgehead atoms. The Kier molecular flexibility index (Phi) is 4.62. The second kappa shape index (κ2) is 6.02. The molecule has 0 radical (unpaired) electrons. The lowest BCUT2D eigenvalue weighted by Crippen LogP contribution is -2.39. The van der Waals surface area contributed by atoms with Gasteiger partial charge in [0, 0.05) is 32.1 Å². The quantitative estimate of drug-likeness (QED) is 0.813. The minimum Gasteiger partial charge on any atom is -0.345 e. The zero-order valence-corrected chi connectivity index (χ0v) is 11.8. The molecule has 1 unspecified atom stereocenters. The zero-order valence-electron chi connectivity index (χ0n) is 11.8. The highest BCUT2D eigenvalue weighted by Crippen LogP contribution is 2.25. The highest BCUT2D eigenvalue weighted by Gasteiger charge is 2.29. The molecule has 2 fully saturated rings. The topological polar surface area (TPSA) is 49.6 Å². The second-order valence-electron chi connectivity index (χ2n) is 6.25. The third-order valence-electron chi connectivity index (χ3n) is 4.52. The molecule has 0 aromatic carbocycles. The third-order valence-corrected chi connectivity index (χ3v) is 4.52. The van der Waals surface area contributed by atoms with Gasteiger partial charge in [-0.25, -0.2) is 0 Å². The first-order valence-electron chi connectivity index (χ1n) is 7.25. The predicted molar refractivity (Wildman–Crippen MR) is 73.2 cm³/mol. The highest BCUT2D eigenvalue weighted by atomic mass is 16.2. The fourth-order valence-corrected chi connectivity index (χ4v) is 3.33. The number of likely N-dealkylation sites (tertiary alicyclic amines) is 1. The molecule has 0 spiro atoms. The van der Waals surface area contributed by atoms with Crippen molar-refractivity contribution in [3.8, 4) is 0 Å². The van der Waals surface area contributed by atoms with E-state index in [2.05, 4.69) is 11.9 Å². The summed E-state index contributed by atoms with van der Waals surface area (Å²) in [7, 11) is 4.12. The fraction of sp³-hybridized carbons (Fsp3) is 0.929. The minimum absolute atomic E-state index is 0.230. The van der Waals surface area contributed by atoms with Crippen molar-refractivity contribution in [3.63, 3.8) is 0 Å². The Morgan fingerprint density at radius 1 is 1.28 bits per heavy atom. The van der Waals surface area contributed by atoms with E-state index in [4.69, 9.17) is 5.73 Å². The Balaban J connectivity index is 1.77. The van der Waals surface area contributed by atoms with Crippen LogP contribution in [0.15, 0.2) is 0 Å². The van der Waals surface area contributed by atoms with Gasteiger partial charge in [0.2, 0.25) is 5.91 Å². The van der Waals surface area contributed by atoms with E-state index in [1.54, 1.807) is 0 Å². The molecule has 0 aromatic rings. The maximum Gasteiger partial charge on any atom is 0.225 e. The van der Waals surface area contributed by atoms with Crippen LogP contribution < -0.4 is 5.73 Å². The first-order chi connectivity index (χ1) is 8.56. The summed E-state index contributed by atoms with van der Waals surface area (Å²) in [5, 5.41) is 0. The average Bonchev–Trinajstić information content (AvgIpc) is 2.75. The average molecular weight is 253 g/mol. The van der Waals surface area contributed by atoms with Crippen molar-refractivity contribution in [2.75, 3.05) is 33.7 Å². The number of hydrogen-bond donors (Lipinski definition) is 1. The van der Waals surface area contributed by atoms with E-state index in [0.717, 1.165) is 38.8 Å². The zero-order chi connectivity index (χ0) is 13.1. The molecule has 1 saturated carbocycles. The lowest BCUT2D eigenvalue weighted by molar-refractivity contribution is -0.135. The molecule has 18 heavy (non-hydrogen) atoms. The van der Waals surface area contributed by atoms with Crippen molar-refractivity contribution in [1.29, 1.82) is 0 Å². The summed E-state index contributed by atoms with van der Waals surface area (Å²) < 4.78 is 0. The van der Waals surface area contributed by atoms with Gasteiger partial charge in [0.1, 0.15) is 0 Å². The van der Waals surface area contributed by atoms with Crippen LogP contribution in [0.4, 0.5) is 0 Å². The monoisotopic (exact) mass is 253 g/mol. The van der Waals surface area contributed by atoms with Crippen LogP contribution in [0.2, 0.25) is 0 Å². The molecule has 4 nitrogen and oxygen atoms in total. The number of nitrogens with zero attached hydrogens (tertiary/aromatic N) is 2. The smallest absolute Gasteiger partial charge is 0.225 e. The lowest BCUT2D eigenvalue weighted by Gasteiger charge is -2.30. The number of rotatable bonds is 3. The summed E-state index contributed by atoms with van der Waals surface area (Å²) in [6.07, 6.45) is 5.21. The number of carbonyl (C=O) groups excluding carboxylic acids is 1. The van der Waals surface area contributed by atoms with Crippen LogP contribution in [0.3, 0.4) is 0 Å². The van der Waals surface area contributed by atoms with E-state index in [9.17, 15) is 4.79 Å². The van der Waals surface area contributed by atoms with Gasteiger partial charge in [0.05, 0.1) is 0 Å². The van der Waals surface area contributed by atoms with Crippen LogP contribution in [0.1, 0.15) is 32.1 Å². The standard InChI is InChI=1S/C14H27N3O/c1-16-8-7-11(9-16)10-17(2)14(18)12-3-5-13(15)6-4-12/h11-13H,3-10,15H2,1-2H3. The SMILES string of the molecule is CN1CCC(CN(C)C(=O)C2CCC(N)CC2)C1. The molecule has 1 amide bonds. The molecule has 1 aliphatic carbocycles. The van der Waals surface area contributed by atoms with Gasteiger partial charge in [0.25, 0.3) is 0 Å². The van der Waals surface area contributed by atoms with Crippen LogP contribution in [0, 0.1) is 11.8 Å².